The number of fused-ring (bicyclic) bond motifs is 5. The second-order valence-corrected chi connectivity index (χ2v) is 11.2. The number of nitrogens with zero attached hydrogens (tertiary/aromatic N) is 4. The fourth-order valence-electron chi connectivity index (χ4n) is 8.31. The molecule has 4 fully saturated rings. The van der Waals surface area contributed by atoms with Gasteiger partial charge in [0.2, 0.25) is 0 Å². The molecule has 5 rings (SSSR count). The van der Waals surface area contributed by atoms with Crippen molar-refractivity contribution >= 4 is 5.78 Å². The molecule has 30 heavy (non-hydrogen) atoms. The van der Waals surface area contributed by atoms with E-state index in [4.69, 9.17) is 5.26 Å². The van der Waals surface area contributed by atoms with Crippen LogP contribution in [0.1, 0.15) is 77.3 Å². The summed E-state index contributed by atoms with van der Waals surface area (Å²) < 4.78 is 1.53. The van der Waals surface area contributed by atoms with Gasteiger partial charge in [-0.25, -0.2) is 4.68 Å². The highest BCUT2D eigenvalue weighted by Crippen LogP contribution is 2.64. The topological polar surface area (TPSA) is 91.8 Å². The SMILES string of the molecule is C[C@@]1(O)CC[C@H]2[C@H](CC[C@@H]3[C@@H]2CC[C@]2(C)[C@@H](C(=O)Cn4cc(C#N)nn4)CC[C@@H]32)C1. The lowest BCUT2D eigenvalue weighted by molar-refractivity contribution is -0.133. The highest BCUT2D eigenvalue weighted by Gasteiger charge is 2.58. The second kappa shape index (κ2) is 7.15. The Labute approximate surface area is 179 Å². The van der Waals surface area contributed by atoms with Gasteiger partial charge in [-0.1, -0.05) is 12.1 Å². The van der Waals surface area contributed by atoms with Crippen LogP contribution in [-0.4, -0.2) is 31.5 Å². The molecule has 6 heteroatoms. The van der Waals surface area contributed by atoms with Gasteiger partial charge in [0.05, 0.1) is 11.8 Å². The van der Waals surface area contributed by atoms with Crippen molar-refractivity contribution in [1.29, 1.82) is 5.26 Å². The monoisotopic (exact) mass is 410 g/mol. The highest BCUT2D eigenvalue weighted by molar-refractivity contribution is 5.82. The number of aliphatic hydroxyl groups is 1. The summed E-state index contributed by atoms with van der Waals surface area (Å²) in [6, 6.07) is 1.98. The lowest BCUT2D eigenvalue weighted by Crippen LogP contribution is -2.51. The minimum atomic E-state index is -0.463. The van der Waals surface area contributed by atoms with Gasteiger partial charge in [-0.15, -0.1) is 5.10 Å². The third-order valence-corrected chi connectivity index (χ3v) is 9.60. The number of hydrogen-bond acceptors (Lipinski definition) is 5. The van der Waals surface area contributed by atoms with Gasteiger partial charge in [0.15, 0.2) is 11.5 Å². The van der Waals surface area contributed by atoms with Crippen LogP contribution >= 0.6 is 0 Å². The molecular weight excluding hydrogens is 376 g/mol. The van der Waals surface area contributed by atoms with Crippen LogP contribution < -0.4 is 0 Å². The summed E-state index contributed by atoms with van der Waals surface area (Å²) in [4.78, 5) is 13.2. The molecular formula is C24H34N4O2. The van der Waals surface area contributed by atoms with Crippen LogP contribution in [0.4, 0.5) is 0 Å². The first-order valence-electron chi connectivity index (χ1n) is 11.9. The zero-order chi connectivity index (χ0) is 21.1. The Morgan fingerprint density at radius 3 is 2.73 bits per heavy atom. The first-order valence-corrected chi connectivity index (χ1v) is 11.9. The molecule has 162 valence electrons. The van der Waals surface area contributed by atoms with Crippen molar-refractivity contribution in [3.8, 4) is 6.07 Å². The Morgan fingerprint density at radius 1 is 1.17 bits per heavy atom. The fourth-order valence-corrected chi connectivity index (χ4v) is 8.31. The Morgan fingerprint density at radius 2 is 1.97 bits per heavy atom. The number of aromatic nitrogens is 3. The summed E-state index contributed by atoms with van der Waals surface area (Å²) >= 11 is 0. The first-order chi connectivity index (χ1) is 14.3. The minimum absolute atomic E-state index is 0.1000. The van der Waals surface area contributed by atoms with E-state index in [1.807, 2.05) is 13.0 Å². The molecule has 4 saturated carbocycles. The quantitative estimate of drug-likeness (QED) is 0.819. The molecule has 0 aromatic carbocycles. The molecule has 1 aromatic rings. The van der Waals surface area contributed by atoms with Crippen molar-refractivity contribution in [3.63, 3.8) is 0 Å². The molecule has 1 aromatic heterocycles. The summed E-state index contributed by atoms with van der Waals surface area (Å²) in [7, 11) is 0. The van der Waals surface area contributed by atoms with Crippen molar-refractivity contribution in [1.82, 2.24) is 15.0 Å². The maximum absolute atomic E-state index is 13.2. The summed E-state index contributed by atoms with van der Waals surface area (Å²) in [6.07, 6.45) is 11.8. The highest BCUT2D eigenvalue weighted by atomic mass is 16.3. The lowest BCUT2D eigenvalue weighted by atomic mass is 9.49. The van der Waals surface area contributed by atoms with Gasteiger partial charge >= 0.3 is 0 Å². The van der Waals surface area contributed by atoms with Crippen LogP contribution in [0, 0.1) is 52.3 Å². The van der Waals surface area contributed by atoms with Gasteiger partial charge in [0.25, 0.3) is 0 Å². The van der Waals surface area contributed by atoms with Crippen LogP contribution in [0.5, 0.6) is 0 Å². The molecule has 0 bridgehead atoms. The Hall–Kier alpha value is -1.74. The minimum Gasteiger partial charge on any atom is -0.390 e. The van der Waals surface area contributed by atoms with Crippen LogP contribution in [0.3, 0.4) is 0 Å². The lowest BCUT2D eigenvalue weighted by Gasteiger charge is -2.56. The number of carbonyl (C=O) groups excluding carboxylic acids is 1. The van der Waals surface area contributed by atoms with Crippen molar-refractivity contribution in [2.24, 2.45) is 40.9 Å². The number of carbonyl (C=O) groups is 1. The normalized spacial score (nSPS) is 45.1. The number of hydrogen-bond donors (Lipinski definition) is 1. The predicted molar refractivity (Wildman–Crippen MR) is 111 cm³/mol. The second-order valence-electron chi connectivity index (χ2n) is 11.2. The van der Waals surface area contributed by atoms with Crippen LogP contribution in [-0.2, 0) is 11.3 Å². The molecule has 0 unspecified atom stereocenters. The summed E-state index contributed by atoms with van der Waals surface area (Å²) in [5, 5.41) is 27.3. The maximum Gasteiger partial charge on any atom is 0.182 e. The Kier molecular flexibility index (Phi) is 4.81. The molecule has 8 atom stereocenters. The van der Waals surface area contributed by atoms with Crippen LogP contribution in [0.2, 0.25) is 0 Å². The maximum atomic E-state index is 13.2. The number of Topliss-reactive ketones (excluding diaryl/α,β-unsaturated/α-hetero) is 1. The average molecular weight is 411 g/mol. The molecule has 0 saturated heterocycles. The molecule has 0 amide bonds. The van der Waals surface area contributed by atoms with Gasteiger partial charge in [0.1, 0.15) is 12.6 Å². The van der Waals surface area contributed by atoms with Gasteiger partial charge in [-0.3, -0.25) is 4.79 Å². The third kappa shape index (κ3) is 3.21. The summed E-state index contributed by atoms with van der Waals surface area (Å²) in [5.74, 6) is 4.03. The Bertz CT molecular complexity index is 871. The van der Waals surface area contributed by atoms with Crippen LogP contribution in [0.15, 0.2) is 6.20 Å². The Balaban J connectivity index is 1.30. The van der Waals surface area contributed by atoms with Gasteiger partial charge in [-0.2, -0.15) is 5.26 Å². The van der Waals surface area contributed by atoms with Crippen molar-refractivity contribution in [3.05, 3.63) is 11.9 Å². The van der Waals surface area contributed by atoms with E-state index in [2.05, 4.69) is 17.2 Å². The van der Waals surface area contributed by atoms with Gasteiger partial charge < -0.3 is 5.11 Å². The zero-order valence-corrected chi connectivity index (χ0v) is 18.3. The first kappa shape index (κ1) is 20.2. The number of nitriles is 1. The average Bonchev–Trinajstić information content (AvgIpc) is 3.30. The van der Waals surface area contributed by atoms with E-state index < -0.39 is 5.60 Å². The fraction of sp³-hybridized carbons (Fsp3) is 0.833. The van der Waals surface area contributed by atoms with Crippen molar-refractivity contribution in [2.75, 3.05) is 0 Å². The van der Waals surface area contributed by atoms with E-state index in [1.54, 1.807) is 6.20 Å². The van der Waals surface area contributed by atoms with Gasteiger partial charge in [-0.05, 0) is 99.7 Å². The largest absolute Gasteiger partial charge is 0.390 e. The molecule has 1 N–H and O–H groups in total. The summed E-state index contributed by atoms with van der Waals surface area (Å²) in [6.45, 7) is 4.63. The number of rotatable bonds is 3. The molecule has 1 heterocycles. The van der Waals surface area contributed by atoms with Crippen LogP contribution in [0.25, 0.3) is 0 Å². The predicted octanol–water partition coefficient (Wildman–Crippen LogP) is 3.74. The molecule has 6 nitrogen and oxygen atoms in total. The molecule has 4 aliphatic rings. The standard InChI is InChI=1S/C24H34N4O2/c1-23(30)9-7-17-15(11-23)3-4-19-18(17)8-10-24(2)20(19)5-6-21(24)22(29)14-28-13-16(12-25)26-27-28/h13,15,17-21,30H,3-11,14H2,1-2H3/t15-,17+,18-,19-,20+,21-,23-,24+/m1/s1. The molecule has 0 radical (unpaired) electrons. The third-order valence-electron chi connectivity index (χ3n) is 9.60. The van der Waals surface area contributed by atoms with Gasteiger partial charge in [0, 0.05) is 5.92 Å². The molecule has 0 spiro atoms. The van der Waals surface area contributed by atoms with Crippen molar-refractivity contribution in [2.45, 2.75) is 83.8 Å². The smallest absolute Gasteiger partial charge is 0.182 e. The molecule has 0 aliphatic heterocycles. The van der Waals surface area contributed by atoms with E-state index >= 15 is 0 Å². The van der Waals surface area contributed by atoms with E-state index in [1.165, 1.54) is 36.8 Å². The molecule has 4 aliphatic carbocycles. The zero-order valence-electron chi connectivity index (χ0n) is 18.3. The van der Waals surface area contributed by atoms with Crippen molar-refractivity contribution < 1.29 is 9.90 Å². The summed E-state index contributed by atoms with van der Waals surface area (Å²) in [5.41, 5.74) is -0.0966. The number of ketones is 1. The van der Waals surface area contributed by atoms with E-state index in [0.717, 1.165) is 43.4 Å². The van der Waals surface area contributed by atoms with E-state index in [9.17, 15) is 9.90 Å². The van der Waals surface area contributed by atoms with E-state index in [-0.39, 0.29) is 29.4 Å². The van der Waals surface area contributed by atoms with E-state index in [0.29, 0.717) is 11.8 Å².